The summed E-state index contributed by atoms with van der Waals surface area (Å²) in [6.45, 7) is 1.69. The number of carbonyl (C=O) groups excluding carboxylic acids is 1. The smallest absolute Gasteiger partial charge is 0.332 e. The molecule has 0 saturated carbocycles. The van der Waals surface area contributed by atoms with Gasteiger partial charge in [0.25, 0.3) is 5.91 Å². The summed E-state index contributed by atoms with van der Waals surface area (Å²) < 4.78 is 13.1. The quantitative estimate of drug-likeness (QED) is 0.585. The van der Waals surface area contributed by atoms with Crippen molar-refractivity contribution in [2.45, 2.75) is 25.9 Å². The van der Waals surface area contributed by atoms with Gasteiger partial charge in [0.1, 0.15) is 11.6 Å². The Bertz CT molecular complexity index is 1240. The molecule has 1 fully saturated rings. The Kier molecular flexibility index (Phi) is 4.53. The first-order chi connectivity index (χ1) is 15.0. The van der Waals surface area contributed by atoms with Crippen molar-refractivity contribution in [3.05, 3.63) is 80.5 Å². The molecule has 9 heteroatoms. The van der Waals surface area contributed by atoms with E-state index >= 15 is 0 Å². The lowest BCUT2D eigenvalue weighted by Gasteiger charge is -2.22. The molecule has 1 spiro atoms. The van der Waals surface area contributed by atoms with Gasteiger partial charge in [0.15, 0.2) is 5.76 Å². The molecule has 2 aliphatic heterocycles. The molecule has 1 saturated heterocycles. The molecule has 0 radical (unpaired) electrons. The number of nitrogens with zero attached hydrogens (tertiary/aromatic N) is 4. The lowest BCUT2D eigenvalue weighted by molar-refractivity contribution is 0.0740. The first-order valence-electron chi connectivity index (χ1n) is 10.1. The highest BCUT2D eigenvalue weighted by molar-refractivity contribution is 5.91. The van der Waals surface area contributed by atoms with E-state index in [-0.39, 0.29) is 17.9 Å². The molecule has 9 nitrogen and oxygen atoms in total. The van der Waals surface area contributed by atoms with Crippen molar-refractivity contribution in [2.75, 3.05) is 20.2 Å². The van der Waals surface area contributed by atoms with Gasteiger partial charge in [-0.3, -0.25) is 19.0 Å². The lowest BCUT2D eigenvalue weighted by Crippen LogP contribution is -2.43. The number of furan rings is 1. The largest absolute Gasteiger partial charge is 0.497 e. The van der Waals surface area contributed by atoms with Crippen LogP contribution in [0.4, 0.5) is 0 Å². The number of likely N-dealkylation sites (tertiary alicyclic amines) is 1. The van der Waals surface area contributed by atoms with E-state index in [1.54, 1.807) is 36.3 Å². The molecule has 160 valence electrons. The molecular weight excluding hydrogens is 400 g/mol. The molecule has 5 rings (SSSR count). The zero-order valence-corrected chi connectivity index (χ0v) is 17.1. The fourth-order valence-electron chi connectivity index (χ4n) is 4.55. The van der Waals surface area contributed by atoms with Crippen LogP contribution in [0.25, 0.3) is 0 Å². The normalized spacial score (nSPS) is 19.7. The van der Waals surface area contributed by atoms with Crippen LogP contribution in [-0.2, 0) is 19.5 Å². The predicted molar refractivity (Wildman–Crippen MR) is 110 cm³/mol. The Labute approximate surface area is 177 Å². The van der Waals surface area contributed by atoms with Gasteiger partial charge in [-0.1, -0.05) is 12.1 Å². The van der Waals surface area contributed by atoms with Crippen LogP contribution in [0.5, 0.6) is 5.75 Å². The number of hydrogen-bond donors (Lipinski definition) is 0. The van der Waals surface area contributed by atoms with Gasteiger partial charge >= 0.3 is 11.1 Å². The number of methoxy groups -OCH3 is 1. The van der Waals surface area contributed by atoms with E-state index in [9.17, 15) is 14.4 Å². The number of fused-ring (bicyclic) bond motifs is 1. The summed E-state index contributed by atoms with van der Waals surface area (Å²) in [5, 5.41) is 4.50. The zero-order chi connectivity index (χ0) is 21.6. The van der Waals surface area contributed by atoms with Gasteiger partial charge in [-0.25, -0.2) is 4.68 Å². The van der Waals surface area contributed by atoms with Crippen LogP contribution < -0.4 is 15.9 Å². The van der Waals surface area contributed by atoms with Crippen molar-refractivity contribution in [3.63, 3.8) is 0 Å². The Hall–Kier alpha value is -3.62. The fraction of sp³-hybridized carbons (Fsp3) is 0.364. The maximum atomic E-state index is 12.8. The monoisotopic (exact) mass is 422 g/mol. The molecule has 3 aromatic rings. The summed E-state index contributed by atoms with van der Waals surface area (Å²) in [4.78, 5) is 39.8. The Balaban J connectivity index is 1.38. The average molecular weight is 422 g/mol. The number of carbonyl (C=O) groups is 1. The average Bonchev–Trinajstić information content (AvgIpc) is 3.53. The Morgan fingerprint density at radius 2 is 1.97 bits per heavy atom. The maximum Gasteiger partial charge on any atom is 0.332 e. The van der Waals surface area contributed by atoms with Crippen LogP contribution in [0, 0.1) is 5.41 Å². The first-order valence-corrected chi connectivity index (χ1v) is 10.1. The van der Waals surface area contributed by atoms with Gasteiger partial charge in [0, 0.05) is 31.5 Å². The second-order valence-corrected chi connectivity index (χ2v) is 8.25. The summed E-state index contributed by atoms with van der Waals surface area (Å²) in [6.07, 6.45) is 2.77. The SMILES string of the molecule is COc1ccc(Cn2nc3n(c(=O)c2=O)CC2(CCN(C(=O)c4ccco4)C2)C3)cc1. The number of ether oxygens (including phenoxy) is 1. The number of rotatable bonds is 4. The van der Waals surface area contributed by atoms with Gasteiger partial charge < -0.3 is 14.1 Å². The van der Waals surface area contributed by atoms with E-state index in [2.05, 4.69) is 5.10 Å². The van der Waals surface area contributed by atoms with Gasteiger partial charge in [0.2, 0.25) is 0 Å². The van der Waals surface area contributed by atoms with Crippen LogP contribution in [0.3, 0.4) is 0 Å². The minimum atomic E-state index is -0.641. The van der Waals surface area contributed by atoms with Crippen LogP contribution in [0.15, 0.2) is 56.7 Å². The number of aromatic nitrogens is 3. The van der Waals surface area contributed by atoms with E-state index < -0.39 is 11.1 Å². The molecule has 2 aliphatic rings. The van der Waals surface area contributed by atoms with Gasteiger partial charge in [-0.05, 0) is 36.2 Å². The van der Waals surface area contributed by atoms with Crippen LogP contribution in [0.1, 0.15) is 28.4 Å². The summed E-state index contributed by atoms with van der Waals surface area (Å²) >= 11 is 0. The third-order valence-corrected chi connectivity index (χ3v) is 6.19. The zero-order valence-electron chi connectivity index (χ0n) is 17.1. The molecule has 0 aliphatic carbocycles. The number of amides is 1. The molecule has 2 aromatic heterocycles. The predicted octanol–water partition coefficient (Wildman–Crippen LogP) is 1.14. The molecule has 1 aromatic carbocycles. The van der Waals surface area contributed by atoms with Crippen molar-refractivity contribution < 1.29 is 13.9 Å². The van der Waals surface area contributed by atoms with E-state index in [0.717, 1.165) is 17.7 Å². The molecule has 1 amide bonds. The third-order valence-electron chi connectivity index (χ3n) is 6.19. The van der Waals surface area contributed by atoms with Crippen molar-refractivity contribution in [1.82, 2.24) is 19.2 Å². The summed E-state index contributed by atoms with van der Waals surface area (Å²) in [5.41, 5.74) is -0.638. The molecule has 0 N–H and O–H groups in total. The number of hydrogen-bond acceptors (Lipinski definition) is 6. The van der Waals surface area contributed by atoms with Crippen molar-refractivity contribution >= 4 is 5.91 Å². The molecule has 1 unspecified atom stereocenters. The molecule has 4 heterocycles. The molecule has 31 heavy (non-hydrogen) atoms. The second-order valence-electron chi connectivity index (χ2n) is 8.25. The van der Waals surface area contributed by atoms with Gasteiger partial charge in [-0.2, -0.15) is 5.10 Å². The van der Waals surface area contributed by atoms with E-state index in [4.69, 9.17) is 9.15 Å². The minimum absolute atomic E-state index is 0.155. The van der Waals surface area contributed by atoms with E-state index in [0.29, 0.717) is 37.6 Å². The number of benzene rings is 1. The van der Waals surface area contributed by atoms with Crippen LogP contribution >= 0.6 is 0 Å². The summed E-state index contributed by atoms with van der Waals surface area (Å²) in [5.74, 6) is 1.46. The van der Waals surface area contributed by atoms with Crippen molar-refractivity contribution in [2.24, 2.45) is 5.41 Å². The minimum Gasteiger partial charge on any atom is -0.497 e. The molecule has 0 bridgehead atoms. The third kappa shape index (κ3) is 3.35. The summed E-state index contributed by atoms with van der Waals surface area (Å²) in [6, 6.07) is 10.6. The van der Waals surface area contributed by atoms with E-state index in [1.165, 1.54) is 15.5 Å². The highest BCUT2D eigenvalue weighted by Gasteiger charge is 2.46. The van der Waals surface area contributed by atoms with Crippen LogP contribution in [0.2, 0.25) is 0 Å². The topological polar surface area (TPSA) is 99.6 Å². The van der Waals surface area contributed by atoms with Crippen molar-refractivity contribution in [1.29, 1.82) is 0 Å². The Morgan fingerprint density at radius 1 is 1.16 bits per heavy atom. The summed E-state index contributed by atoms with van der Waals surface area (Å²) in [7, 11) is 1.59. The second kappa shape index (κ2) is 7.26. The standard InChI is InChI=1S/C22H22N4O5/c1-30-16-6-4-15(5-7-16)12-26-21(29)20(28)25-14-22(11-18(25)23-26)8-9-24(13-22)19(27)17-3-2-10-31-17/h2-7,10H,8-9,11-14H2,1H3. The van der Waals surface area contributed by atoms with Gasteiger partial charge in [0.05, 0.1) is 19.9 Å². The fourth-order valence-corrected chi connectivity index (χ4v) is 4.55. The maximum absolute atomic E-state index is 12.8. The molecular formula is C22H22N4O5. The van der Waals surface area contributed by atoms with Crippen molar-refractivity contribution in [3.8, 4) is 5.75 Å². The van der Waals surface area contributed by atoms with Gasteiger partial charge in [-0.15, -0.1) is 0 Å². The van der Waals surface area contributed by atoms with Crippen LogP contribution in [-0.4, -0.2) is 45.4 Å². The lowest BCUT2D eigenvalue weighted by atomic mass is 9.86. The molecule has 1 atom stereocenters. The highest BCUT2D eigenvalue weighted by Crippen LogP contribution is 2.39. The van der Waals surface area contributed by atoms with E-state index in [1.807, 2.05) is 12.1 Å². The Morgan fingerprint density at radius 3 is 2.68 bits per heavy atom. The highest BCUT2D eigenvalue weighted by atomic mass is 16.5. The first kappa shape index (κ1) is 19.3.